The molecule has 0 bridgehead atoms. The number of benzene rings is 3. The standard InChI is InChI=1S/C37H48O16/c1-46-24-12-19(7-8-23(24)41)30(42)28(15-39)51-36-26(48-3)13-20(14-27(36)49-4)34-22(17-50-37-33(45)32(44)31(43)29(16-40)52-37)21-10-18(6-5-9-38)11-25(47-2)35(21)53-34/h7-8,10-14,22,28-34,37-45H,5-6,9,15-17H2,1-4H3/t22-,28-,29+,30+,31+,32-,33+,34+,37+/m0/s1. The summed E-state index contributed by atoms with van der Waals surface area (Å²) in [5, 5.41) is 82.0. The van der Waals surface area contributed by atoms with Gasteiger partial charge in [-0.3, -0.25) is 0 Å². The maximum Gasteiger partial charge on any atom is 0.204 e. The van der Waals surface area contributed by atoms with E-state index in [1.54, 1.807) is 12.1 Å². The van der Waals surface area contributed by atoms with Crippen LogP contribution in [0.1, 0.15) is 46.8 Å². The number of rotatable bonds is 17. The lowest BCUT2D eigenvalue weighted by molar-refractivity contribution is -0.302. The lowest BCUT2D eigenvalue weighted by Crippen LogP contribution is -2.59. The average molecular weight is 749 g/mol. The Morgan fingerprint density at radius 2 is 1.47 bits per heavy atom. The van der Waals surface area contributed by atoms with Gasteiger partial charge in [0.25, 0.3) is 0 Å². The highest BCUT2D eigenvalue weighted by atomic mass is 16.7. The fourth-order valence-electron chi connectivity index (χ4n) is 6.54. The maximum atomic E-state index is 11.2. The largest absolute Gasteiger partial charge is 0.504 e. The van der Waals surface area contributed by atoms with Crippen molar-refractivity contribution < 1.29 is 78.7 Å². The molecule has 0 aliphatic carbocycles. The first-order chi connectivity index (χ1) is 25.5. The molecular formula is C37H48O16. The lowest BCUT2D eigenvalue weighted by atomic mass is 9.89. The van der Waals surface area contributed by atoms with E-state index in [1.807, 2.05) is 12.1 Å². The van der Waals surface area contributed by atoms with Crippen molar-refractivity contribution in [2.45, 2.75) is 67.8 Å². The number of hydrogen-bond acceptors (Lipinski definition) is 16. The van der Waals surface area contributed by atoms with E-state index in [1.165, 1.54) is 46.6 Å². The number of aliphatic hydroxyl groups is 7. The van der Waals surface area contributed by atoms with E-state index in [-0.39, 0.29) is 42.0 Å². The van der Waals surface area contributed by atoms with Crippen molar-refractivity contribution in [3.05, 3.63) is 64.7 Å². The molecule has 292 valence electrons. The summed E-state index contributed by atoms with van der Waals surface area (Å²) >= 11 is 0. The second-order valence-electron chi connectivity index (χ2n) is 12.7. The van der Waals surface area contributed by atoms with Crippen LogP contribution in [0.4, 0.5) is 0 Å². The molecule has 2 heterocycles. The number of aliphatic hydroxyl groups excluding tert-OH is 7. The first kappa shape index (κ1) is 40.1. The lowest BCUT2D eigenvalue weighted by Gasteiger charge is -2.40. The topological polar surface area (TPSA) is 236 Å². The van der Waals surface area contributed by atoms with Crippen LogP contribution in [-0.4, -0.2) is 133 Å². The van der Waals surface area contributed by atoms with Crippen LogP contribution in [0, 0.1) is 0 Å². The first-order valence-corrected chi connectivity index (χ1v) is 17.0. The van der Waals surface area contributed by atoms with Crippen molar-refractivity contribution in [2.24, 2.45) is 0 Å². The number of phenols is 1. The number of aryl methyl sites for hydroxylation is 1. The van der Waals surface area contributed by atoms with Gasteiger partial charge in [-0.25, -0.2) is 0 Å². The molecule has 1 saturated heterocycles. The van der Waals surface area contributed by atoms with Gasteiger partial charge in [-0.1, -0.05) is 12.1 Å². The van der Waals surface area contributed by atoms with Gasteiger partial charge in [0, 0.05) is 17.7 Å². The molecule has 16 heteroatoms. The molecule has 8 N–H and O–H groups in total. The van der Waals surface area contributed by atoms with E-state index in [0.29, 0.717) is 41.0 Å². The Morgan fingerprint density at radius 3 is 2.08 bits per heavy atom. The molecule has 2 aliphatic heterocycles. The molecule has 0 amide bonds. The van der Waals surface area contributed by atoms with Crippen molar-refractivity contribution >= 4 is 0 Å². The molecule has 0 spiro atoms. The van der Waals surface area contributed by atoms with Crippen LogP contribution in [-0.2, 0) is 15.9 Å². The zero-order valence-electron chi connectivity index (χ0n) is 29.8. The summed E-state index contributed by atoms with van der Waals surface area (Å²) in [6.07, 6.45) is -9.78. The molecule has 2 aliphatic rings. The second-order valence-corrected chi connectivity index (χ2v) is 12.7. The number of methoxy groups -OCH3 is 4. The van der Waals surface area contributed by atoms with E-state index >= 15 is 0 Å². The summed E-state index contributed by atoms with van der Waals surface area (Å²) in [5.74, 6) is 0.621. The molecule has 0 saturated carbocycles. The highest BCUT2D eigenvalue weighted by molar-refractivity contribution is 5.59. The van der Waals surface area contributed by atoms with Gasteiger partial charge in [0.15, 0.2) is 46.9 Å². The number of aromatic hydroxyl groups is 1. The second kappa shape index (κ2) is 17.8. The smallest absolute Gasteiger partial charge is 0.204 e. The van der Waals surface area contributed by atoms with Crippen LogP contribution in [0.15, 0.2) is 42.5 Å². The molecule has 53 heavy (non-hydrogen) atoms. The summed E-state index contributed by atoms with van der Waals surface area (Å²) < 4.78 is 46.6. The highest BCUT2D eigenvalue weighted by Gasteiger charge is 2.46. The Bertz CT molecular complexity index is 1640. The predicted molar refractivity (Wildman–Crippen MR) is 185 cm³/mol. The molecule has 9 atom stereocenters. The van der Waals surface area contributed by atoms with Crippen molar-refractivity contribution in [1.29, 1.82) is 0 Å². The van der Waals surface area contributed by atoms with E-state index in [4.69, 9.17) is 37.9 Å². The molecule has 5 rings (SSSR count). The molecular weight excluding hydrogens is 700 g/mol. The van der Waals surface area contributed by atoms with Gasteiger partial charge < -0.3 is 78.7 Å². The van der Waals surface area contributed by atoms with Gasteiger partial charge in [0.2, 0.25) is 5.75 Å². The molecule has 0 aromatic heterocycles. The van der Waals surface area contributed by atoms with Crippen LogP contribution in [0.25, 0.3) is 0 Å². The number of phenolic OH excluding ortho intramolecular Hbond substituents is 1. The van der Waals surface area contributed by atoms with Crippen molar-refractivity contribution in [3.8, 4) is 40.2 Å². The van der Waals surface area contributed by atoms with E-state index in [0.717, 1.165) is 5.56 Å². The van der Waals surface area contributed by atoms with Crippen LogP contribution in [0.5, 0.6) is 40.2 Å². The van der Waals surface area contributed by atoms with Gasteiger partial charge in [0.1, 0.15) is 36.6 Å². The minimum absolute atomic E-state index is 0.0204. The third kappa shape index (κ3) is 8.36. The highest BCUT2D eigenvalue weighted by Crippen LogP contribution is 2.53. The van der Waals surface area contributed by atoms with E-state index in [9.17, 15) is 40.9 Å². The minimum Gasteiger partial charge on any atom is -0.504 e. The summed E-state index contributed by atoms with van der Waals surface area (Å²) in [6, 6.07) is 11.2. The third-order valence-corrected chi connectivity index (χ3v) is 9.44. The van der Waals surface area contributed by atoms with Crippen molar-refractivity contribution in [2.75, 3.05) is 54.9 Å². The number of fused-ring (bicyclic) bond motifs is 1. The van der Waals surface area contributed by atoms with Gasteiger partial charge in [-0.05, 0) is 54.3 Å². The monoisotopic (exact) mass is 748 g/mol. The molecule has 3 aromatic carbocycles. The van der Waals surface area contributed by atoms with Crippen molar-refractivity contribution in [1.82, 2.24) is 0 Å². The van der Waals surface area contributed by atoms with Gasteiger partial charge in [-0.2, -0.15) is 0 Å². The summed E-state index contributed by atoms with van der Waals surface area (Å²) in [5.41, 5.74) is 2.36. The maximum absolute atomic E-state index is 11.2. The average Bonchev–Trinajstić information content (AvgIpc) is 3.55. The number of hydrogen-bond donors (Lipinski definition) is 8. The predicted octanol–water partition coefficient (Wildman–Crippen LogP) is 0.859. The normalized spacial score (nSPS) is 24.8. The van der Waals surface area contributed by atoms with Crippen LogP contribution in [0.3, 0.4) is 0 Å². The van der Waals surface area contributed by atoms with Gasteiger partial charge in [0.05, 0.1) is 54.2 Å². The zero-order chi connectivity index (χ0) is 38.4. The molecule has 1 fully saturated rings. The van der Waals surface area contributed by atoms with Crippen LogP contribution >= 0.6 is 0 Å². The number of ether oxygens (including phenoxy) is 8. The quantitative estimate of drug-likeness (QED) is 0.0956. The van der Waals surface area contributed by atoms with Crippen LogP contribution in [0.2, 0.25) is 0 Å². The fraction of sp³-hybridized carbons (Fsp3) is 0.514. The van der Waals surface area contributed by atoms with Crippen molar-refractivity contribution in [3.63, 3.8) is 0 Å². The SMILES string of the molecule is COc1cc([C@@H](O)[C@H](CO)Oc2c(OC)cc([C@H]3Oc4c(OC)cc(CCCO)cc4[C@@H]3CO[C@@H]3O[C@H](CO)[C@@H](O)[C@H](O)[C@H]3O)cc2OC)ccc1O. The van der Waals surface area contributed by atoms with E-state index < -0.39 is 68.1 Å². The summed E-state index contributed by atoms with van der Waals surface area (Å²) in [7, 11) is 5.68. The third-order valence-electron chi connectivity index (χ3n) is 9.44. The summed E-state index contributed by atoms with van der Waals surface area (Å²) in [4.78, 5) is 0. The summed E-state index contributed by atoms with van der Waals surface area (Å²) in [6.45, 7) is -1.41. The fourth-order valence-corrected chi connectivity index (χ4v) is 6.54. The Morgan fingerprint density at radius 1 is 0.792 bits per heavy atom. The van der Waals surface area contributed by atoms with Gasteiger partial charge >= 0.3 is 0 Å². The molecule has 16 nitrogen and oxygen atoms in total. The Balaban J connectivity index is 1.51. The molecule has 3 aromatic rings. The Labute approximate surface area is 306 Å². The van der Waals surface area contributed by atoms with Gasteiger partial charge in [-0.15, -0.1) is 0 Å². The molecule has 0 unspecified atom stereocenters. The minimum atomic E-state index is -1.64. The molecule has 0 radical (unpaired) electrons. The Kier molecular flexibility index (Phi) is 13.5. The Hall–Kier alpha value is -4.10. The first-order valence-electron chi connectivity index (χ1n) is 17.0. The zero-order valence-corrected chi connectivity index (χ0v) is 29.8. The van der Waals surface area contributed by atoms with E-state index in [2.05, 4.69) is 0 Å². The van der Waals surface area contributed by atoms with Crippen LogP contribution < -0.4 is 28.4 Å².